The third-order valence-electron chi connectivity index (χ3n) is 2.62. The first-order chi connectivity index (χ1) is 9.47. The van der Waals surface area contributed by atoms with Crippen LogP contribution in [0.25, 0.3) is 0 Å². The molecule has 2 N–H and O–H groups in total. The maximum absolute atomic E-state index is 10.2. The van der Waals surface area contributed by atoms with Gasteiger partial charge in [0.1, 0.15) is 11.5 Å². The van der Waals surface area contributed by atoms with E-state index in [2.05, 4.69) is 0 Å². The molecule has 0 aliphatic rings. The van der Waals surface area contributed by atoms with Gasteiger partial charge in [0, 0.05) is 17.1 Å². The van der Waals surface area contributed by atoms with Crippen molar-refractivity contribution in [2.45, 2.75) is 13.8 Å². The molecule has 0 aromatic heterocycles. The summed E-state index contributed by atoms with van der Waals surface area (Å²) in [4.78, 5) is 20.4. The van der Waals surface area contributed by atoms with Crippen LogP contribution in [-0.4, -0.2) is 22.8 Å². The first-order valence-electron chi connectivity index (χ1n) is 5.97. The molecule has 0 aliphatic heterocycles. The number of aryl methyl sites for hydroxylation is 2. The maximum atomic E-state index is 10.2. The second-order valence-corrected chi connectivity index (χ2v) is 4.36. The van der Waals surface area contributed by atoms with Crippen LogP contribution >= 0.6 is 0 Å². The van der Waals surface area contributed by atoms with Crippen molar-refractivity contribution in [2.24, 2.45) is 0 Å². The molecule has 2 aromatic carbocycles. The van der Waals surface area contributed by atoms with E-state index in [-0.39, 0.29) is 28.6 Å². The van der Waals surface area contributed by atoms with Gasteiger partial charge in [-0.15, -0.1) is 0 Å². The number of hydrogen-bond acceptors (Lipinski definition) is 4. The summed E-state index contributed by atoms with van der Waals surface area (Å²) < 4.78 is 0. The summed E-state index contributed by atoms with van der Waals surface area (Å²) in [6.45, 7) is 3.74. The summed E-state index contributed by atoms with van der Waals surface area (Å²) in [5, 5.41) is 18.0. The van der Waals surface area contributed by atoms with Crippen molar-refractivity contribution in [3.63, 3.8) is 0 Å². The zero-order chi connectivity index (χ0) is 15.1. The molecule has 0 heterocycles. The maximum Gasteiger partial charge on any atom is 0.153 e. The molecular formula is C16H16CuO4. The summed E-state index contributed by atoms with van der Waals surface area (Å²) in [6.07, 6.45) is 1.28. The number of aromatic hydroxyl groups is 2. The fourth-order valence-electron chi connectivity index (χ4n) is 1.54. The van der Waals surface area contributed by atoms with E-state index in [4.69, 9.17) is 10.2 Å². The standard InChI is InChI=1S/2C8H8O2.Cu/c2*1-6-2-3-8(10)7(4-6)5-9;/h2*2-5,10H,1H3;. The molecule has 4 nitrogen and oxygen atoms in total. The number of phenolic OH excluding ortho intramolecular Hbond substituents is 2. The summed E-state index contributed by atoms with van der Waals surface area (Å²) in [6, 6.07) is 9.81. The van der Waals surface area contributed by atoms with Gasteiger partial charge in [0.05, 0.1) is 11.1 Å². The van der Waals surface area contributed by atoms with E-state index in [1.54, 1.807) is 24.3 Å². The Morgan fingerprint density at radius 2 is 1.10 bits per heavy atom. The SMILES string of the molecule is Cc1ccc(O)c(C=O)c1.Cc1ccc(O)c(C=O)c1.[Cu]. The van der Waals surface area contributed by atoms with Crippen molar-refractivity contribution in [1.29, 1.82) is 0 Å². The molecule has 0 fully saturated rings. The number of hydrogen-bond donors (Lipinski definition) is 2. The zero-order valence-corrected chi connectivity index (χ0v) is 12.6. The second-order valence-electron chi connectivity index (χ2n) is 4.36. The normalized spacial score (nSPS) is 8.86. The first kappa shape index (κ1) is 18.9. The third kappa shape index (κ3) is 5.81. The van der Waals surface area contributed by atoms with Gasteiger partial charge in [0.2, 0.25) is 0 Å². The second kappa shape index (κ2) is 8.95. The molecule has 0 atom stereocenters. The van der Waals surface area contributed by atoms with Crippen LogP contribution in [0.5, 0.6) is 11.5 Å². The Labute approximate surface area is 133 Å². The molecule has 0 saturated heterocycles. The zero-order valence-electron chi connectivity index (χ0n) is 11.6. The van der Waals surface area contributed by atoms with Gasteiger partial charge in [-0.25, -0.2) is 0 Å². The van der Waals surface area contributed by atoms with Crippen LogP contribution in [-0.2, 0) is 17.1 Å². The minimum Gasteiger partial charge on any atom is -0.507 e. The minimum atomic E-state index is 0. The van der Waals surface area contributed by atoms with Crippen molar-refractivity contribution < 1.29 is 36.9 Å². The monoisotopic (exact) mass is 335 g/mol. The number of carbonyl (C=O) groups is 2. The number of benzene rings is 2. The van der Waals surface area contributed by atoms with Crippen molar-refractivity contribution in [1.82, 2.24) is 0 Å². The van der Waals surface area contributed by atoms with Crippen molar-refractivity contribution in [2.75, 3.05) is 0 Å². The molecule has 2 aromatic rings. The third-order valence-corrected chi connectivity index (χ3v) is 2.62. The van der Waals surface area contributed by atoms with Gasteiger partial charge in [0.25, 0.3) is 0 Å². The van der Waals surface area contributed by atoms with Crippen molar-refractivity contribution >= 4 is 12.6 Å². The Morgan fingerprint density at radius 1 is 0.762 bits per heavy atom. The summed E-state index contributed by atoms with van der Waals surface area (Å²) in [5.74, 6) is 0.0844. The minimum absolute atomic E-state index is 0. The molecule has 0 unspecified atom stereocenters. The van der Waals surface area contributed by atoms with E-state index in [1.165, 1.54) is 12.1 Å². The molecule has 115 valence electrons. The summed E-state index contributed by atoms with van der Waals surface area (Å²) in [7, 11) is 0. The first-order valence-corrected chi connectivity index (χ1v) is 5.97. The van der Waals surface area contributed by atoms with Crippen LogP contribution in [0.3, 0.4) is 0 Å². The Hall–Kier alpha value is -2.10. The van der Waals surface area contributed by atoms with Gasteiger partial charge in [0.15, 0.2) is 12.6 Å². The van der Waals surface area contributed by atoms with Crippen molar-refractivity contribution in [3.8, 4) is 11.5 Å². The van der Waals surface area contributed by atoms with E-state index < -0.39 is 0 Å². The Balaban J connectivity index is 0.000000364. The number of carbonyl (C=O) groups excluding carboxylic acids is 2. The molecule has 0 amide bonds. The fourth-order valence-corrected chi connectivity index (χ4v) is 1.54. The van der Waals surface area contributed by atoms with Crippen molar-refractivity contribution in [3.05, 3.63) is 58.7 Å². The van der Waals surface area contributed by atoms with Crippen LogP contribution in [0.2, 0.25) is 0 Å². The fraction of sp³-hybridized carbons (Fsp3) is 0.125. The Kier molecular flexibility index (Phi) is 8.05. The number of phenols is 2. The molecule has 2 rings (SSSR count). The van der Waals surface area contributed by atoms with Crippen LogP contribution < -0.4 is 0 Å². The van der Waals surface area contributed by atoms with E-state index >= 15 is 0 Å². The van der Waals surface area contributed by atoms with Gasteiger partial charge < -0.3 is 10.2 Å². The summed E-state index contributed by atoms with van der Waals surface area (Å²) >= 11 is 0. The number of rotatable bonds is 2. The average molecular weight is 336 g/mol. The Bertz CT molecular complexity index is 568. The largest absolute Gasteiger partial charge is 0.507 e. The molecule has 0 bridgehead atoms. The van der Waals surface area contributed by atoms with Gasteiger partial charge in [-0.3, -0.25) is 9.59 Å². The average Bonchev–Trinajstić information content (AvgIpc) is 2.44. The van der Waals surface area contributed by atoms with Crippen LogP contribution in [0.15, 0.2) is 36.4 Å². The van der Waals surface area contributed by atoms with Crippen LogP contribution in [0, 0.1) is 13.8 Å². The topological polar surface area (TPSA) is 74.6 Å². The predicted molar refractivity (Wildman–Crippen MR) is 76.5 cm³/mol. The molecule has 0 saturated carbocycles. The quantitative estimate of drug-likeness (QED) is 0.653. The van der Waals surface area contributed by atoms with Gasteiger partial charge >= 0.3 is 0 Å². The molecule has 0 spiro atoms. The molecule has 5 heteroatoms. The molecular weight excluding hydrogens is 320 g/mol. The van der Waals surface area contributed by atoms with Gasteiger partial charge in [-0.2, -0.15) is 0 Å². The molecule has 1 radical (unpaired) electrons. The summed E-state index contributed by atoms with van der Waals surface area (Å²) in [5.41, 5.74) is 2.64. The van der Waals surface area contributed by atoms with Gasteiger partial charge in [-0.05, 0) is 38.1 Å². The van der Waals surface area contributed by atoms with Crippen LogP contribution in [0.4, 0.5) is 0 Å². The van der Waals surface area contributed by atoms with E-state index in [9.17, 15) is 9.59 Å². The smallest absolute Gasteiger partial charge is 0.153 e. The van der Waals surface area contributed by atoms with E-state index in [0.29, 0.717) is 23.7 Å². The molecule has 0 aliphatic carbocycles. The van der Waals surface area contributed by atoms with E-state index in [1.807, 2.05) is 13.8 Å². The number of aldehydes is 2. The predicted octanol–water partition coefficient (Wildman–Crippen LogP) is 3.02. The van der Waals surface area contributed by atoms with Crippen LogP contribution in [0.1, 0.15) is 31.8 Å². The van der Waals surface area contributed by atoms with E-state index in [0.717, 1.165) is 11.1 Å². The van der Waals surface area contributed by atoms with Gasteiger partial charge in [-0.1, -0.05) is 23.3 Å². The Morgan fingerprint density at radius 3 is 1.33 bits per heavy atom. The molecule has 21 heavy (non-hydrogen) atoms.